The van der Waals surface area contributed by atoms with Gasteiger partial charge in [-0.3, -0.25) is 4.79 Å². The lowest BCUT2D eigenvalue weighted by Crippen LogP contribution is -2.35. The average Bonchev–Trinajstić information content (AvgIpc) is 2.73. The summed E-state index contributed by atoms with van der Waals surface area (Å²) in [6.45, 7) is 3.11. The third-order valence-electron chi connectivity index (χ3n) is 5.80. The molecule has 0 unspecified atom stereocenters. The van der Waals surface area contributed by atoms with Gasteiger partial charge < -0.3 is 4.90 Å². The molecule has 27 heavy (non-hydrogen) atoms. The van der Waals surface area contributed by atoms with E-state index < -0.39 is 0 Å². The Kier molecular flexibility index (Phi) is 5.64. The number of carbonyl (C=O) groups is 1. The number of benzene rings is 3. The molecule has 0 amide bonds. The molecule has 1 aliphatic rings. The zero-order valence-corrected chi connectivity index (χ0v) is 15.8. The minimum Gasteiger partial charge on any atom is -0.303 e. The van der Waals surface area contributed by atoms with Crippen molar-refractivity contribution < 1.29 is 4.79 Å². The Bertz CT molecular complexity index is 894. The summed E-state index contributed by atoms with van der Waals surface area (Å²) in [5, 5.41) is 2.33. The first-order chi connectivity index (χ1) is 13.3. The van der Waals surface area contributed by atoms with Crippen molar-refractivity contribution in [3.63, 3.8) is 0 Å². The number of fused-ring (bicyclic) bond motifs is 1. The number of nitrogens with zero attached hydrogens (tertiary/aromatic N) is 1. The summed E-state index contributed by atoms with van der Waals surface area (Å²) >= 11 is 0. The van der Waals surface area contributed by atoms with Crippen LogP contribution in [0.15, 0.2) is 72.8 Å². The minimum atomic E-state index is 0.257. The van der Waals surface area contributed by atoms with Crippen LogP contribution in [0.4, 0.5) is 0 Å². The average molecular weight is 357 g/mol. The second-order valence-corrected chi connectivity index (χ2v) is 7.71. The van der Waals surface area contributed by atoms with Crippen molar-refractivity contribution in [2.45, 2.75) is 25.7 Å². The highest BCUT2D eigenvalue weighted by atomic mass is 16.1. The van der Waals surface area contributed by atoms with Gasteiger partial charge in [0, 0.05) is 18.5 Å². The minimum absolute atomic E-state index is 0.257. The monoisotopic (exact) mass is 357 g/mol. The lowest BCUT2D eigenvalue weighted by atomic mass is 9.90. The van der Waals surface area contributed by atoms with Crippen molar-refractivity contribution in [2.24, 2.45) is 5.92 Å². The summed E-state index contributed by atoms with van der Waals surface area (Å²) in [6, 6.07) is 25.1. The first-order valence-electron chi connectivity index (χ1n) is 10.1. The van der Waals surface area contributed by atoms with Gasteiger partial charge >= 0.3 is 0 Å². The molecule has 1 heterocycles. The van der Waals surface area contributed by atoms with Gasteiger partial charge in [0.2, 0.25) is 0 Å². The third kappa shape index (κ3) is 4.64. The van der Waals surface area contributed by atoms with Crippen LogP contribution in [0.2, 0.25) is 0 Å². The highest BCUT2D eigenvalue weighted by Gasteiger charge is 2.20. The van der Waals surface area contributed by atoms with Crippen molar-refractivity contribution >= 4 is 16.6 Å². The van der Waals surface area contributed by atoms with E-state index >= 15 is 0 Å². The normalized spacial score (nSPS) is 15.9. The number of carbonyl (C=O) groups excluding carboxylic acids is 1. The molecule has 1 aliphatic heterocycles. The number of hydrogen-bond donors (Lipinski definition) is 0. The Hall–Kier alpha value is -2.45. The summed E-state index contributed by atoms with van der Waals surface area (Å²) in [7, 11) is 0. The van der Waals surface area contributed by atoms with Crippen molar-refractivity contribution in [3.8, 4) is 0 Å². The van der Waals surface area contributed by atoms with Crippen LogP contribution in [0.3, 0.4) is 0 Å². The number of Topliss-reactive ketones (excluding diaryl/α,β-unsaturated/α-hetero) is 1. The molecule has 0 spiro atoms. The highest BCUT2D eigenvalue weighted by molar-refractivity contribution is 6.00. The maximum absolute atomic E-state index is 12.6. The molecule has 0 bridgehead atoms. The van der Waals surface area contributed by atoms with E-state index in [0.717, 1.165) is 36.5 Å². The molecule has 0 radical (unpaired) electrons. The summed E-state index contributed by atoms with van der Waals surface area (Å²) in [5.41, 5.74) is 2.29. The van der Waals surface area contributed by atoms with E-state index in [-0.39, 0.29) is 5.78 Å². The maximum atomic E-state index is 12.6. The lowest BCUT2D eigenvalue weighted by molar-refractivity contribution is 0.0951. The molecule has 2 nitrogen and oxygen atoms in total. The Morgan fingerprint density at radius 1 is 0.852 bits per heavy atom. The van der Waals surface area contributed by atoms with Gasteiger partial charge in [-0.15, -0.1) is 0 Å². The molecule has 0 N–H and O–H groups in total. The van der Waals surface area contributed by atoms with E-state index in [2.05, 4.69) is 53.4 Å². The number of piperidine rings is 1. The number of ketones is 1. The van der Waals surface area contributed by atoms with Crippen molar-refractivity contribution in [2.75, 3.05) is 19.6 Å². The molecule has 3 aromatic rings. The second kappa shape index (κ2) is 8.49. The second-order valence-electron chi connectivity index (χ2n) is 7.71. The Morgan fingerprint density at radius 3 is 2.33 bits per heavy atom. The topological polar surface area (TPSA) is 20.3 Å². The van der Waals surface area contributed by atoms with Crippen LogP contribution < -0.4 is 0 Å². The first kappa shape index (κ1) is 17.9. The molecule has 1 saturated heterocycles. The van der Waals surface area contributed by atoms with Crippen LogP contribution in [0, 0.1) is 5.92 Å². The van der Waals surface area contributed by atoms with Gasteiger partial charge in [0.1, 0.15) is 0 Å². The Labute approximate surface area is 161 Å². The van der Waals surface area contributed by atoms with Gasteiger partial charge in [0.25, 0.3) is 0 Å². The van der Waals surface area contributed by atoms with E-state index in [9.17, 15) is 4.79 Å². The molecule has 0 aromatic heterocycles. The predicted octanol–water partition coefficient (Wildman–Crippen LogP) is 5.37. The van der Waals surface area contributed by atoms with Crippen molar-refractivity contribution in [1.29, 1.82) is 0 Å². The molecule has 4 rings (SSSR count). The molecule has 3 aromatic carbocycles. The SMILES string of the molecule is O=C(CCN1CCC(Cc2ccccc2)CC1)c1ccc2ccccc2c1. The smallest absolute Gasteiger partial charge is 0.164 e. The van der Waals surface area contributed by atoms with Crippen molar-refractivity contribution in [3.05, 3.63) is 83.9 Å². The van der Waals surface area contributed by atoms with Gasteiger partial charge in [-0.2, -0.15) is 0 Å². The van der Waals surface area contributed by atoms with E-state index in [4.69, 9.17) is 0 Å². The van der Waals surface area contributed by atoms with Crippen LogP contribution in [0.1, 0.15) is 35.2 Å². The summed E-state index contributed by atoms with van der Waals surface area (Å²) in [4.78, 5) is 15.1. The van der Waals surface area contributed by atoms with E-state index in [1.54, 1.807) is 0 Å². The Balaban J connectivity index is 1.26. The molecule has 0 aliphatic carbocycles. The van der Waals surface area contributed by atoms with Crippen LogP contribution in [0.25, 0.3) is 10.8 Å². The molecule has 2 heteroatoms. The van der Waals surface area contributed by atoms with E-state index in [0.29, 0.717) is 6.42 Å². The van der Waals surface area contributed by atoms with Gasteiger partial charge in [-0.1, -0.05) is 66.7 Å². The van der Waals surface area contributed by atoms with Gasteiger partial charge in [-0.25, -0.2) is 0 Å². The zero-order chi connectivity index (χ0) is 18.5. The molecular formula is C25H27NO. The fraction of sp³-hybridized carbons (Fsp3) is 0.320. The first-order valence-corrected chi connectivity index (χ1v) is 10.1. The van der Waals surface area contributed by atoms with E-state index in [1.165, 1.54) is 30.2 Å². The molecule has 138 valence electrons. The molecule has 0 atom stereocenters. The Morgan fingerprint density at radius 2 is 1.56 bits per heavy atom. The highest BCUT2D eigenvalue weighted by Crippen LogP contribution is 2.22. The molecular weight excluding hydrogens is 330 g/mol. The quantitative estimate of drug-likeness (QED) is 0.553. The van der Waals surface area contributed by atoms with Gasteiger partial charge in [0.15, 0.2) is 5.78 Å². The maximum Gasteiger partial charge on any atom is 0.164 e. The molecule has 0 saturated carbocycles. The van der Waals surface area contributed by atoms with Crippen molar-refractivity contribution in [1.82, 2.24) is 4.90 Å². The van der Waals surface area contributed by atoms with Gasteiger partial charge in [-0.05, 0) is 60.7 Å². The third-order valence-corrected chi connectivity index (χ3v) is 5.80. The van der Waals surface area contributed by atoms with Gasteiger partial charge in [0.05, 0.1) is 0 Å². The molecule has 1 fully saturated rings. The zero-order valence-electron chi connectivity index (χ0n) is 15.8. The standard InChI is InChI=1S/C25H27NO/c27-25(24-11-10-22-8-4-5-9-23(22)19-24)14-17-26-15-12-21(13-16-26)18-20-6-2-1-3-7-20/h1-11,19,21H,12-18H2. The fourth-order valence-electron chi connectivity index (χ4n) is 4.13. The number of rotatable bonds is 6. The lowest BCUT2D eigenvalue weighted by Gasteiger charge is -2.31. The summed E-state index contributed by atoms with van der Waals surface area (Å²) in [6.07, 6.45) is 4.27. The van der Waals surface area contributed by atoms with Crippen LogP contribution in [-0.2, 0) is 6.42 Å². The fourth-order valence-corrected chi connectivity index (χ4v) is 4.13. The number of likely N-dealkylation sites (tertiary alicyclic amines) is 1. The number of hydrogen-bond acceptors (Lipinski definition) is 2. The summed E-state index contributed by atoms with van der Waals surface area (Å²) in [5.74, 6) is 1.03. The van der Waals surface area contributed by atoms with Crippen LogP contribution in [0.5, 0.6) is 0 Å². The predicted molar refractivity (Wildman–Crippen MR) is 112 cm³/mol. The van der Waals surface area contributed by atoms with E-state index in [1.807, 2.05) is 24.3 Å². The largest absolute Gasteiger partial charge is 0.303 e. The summed E-state index contributed by atoms with van der Waals surface area (Å²) < 4.78 is 0. The van der Waals surface area contributed by atoms with Crippen LogP contribution in [-0.4, -0.2) is 30.3 Å². The van der Waals surface area contributed by atoms with Crippen LogP contribution >= 0.6 is 0 Å².